The van der Waals surface area contributed by atoms with Gasteiger partial charge in [0, 0.05) is 5.02 Å². The first kappa shape index (κ1) is 26.5. The Balaban J connectivity index is 0.00000385. The van der Waals surface area contributed by atoms with E-state index in [1.54, 1.807) is 48.5 Å². The van der Waals surface area contributed by atoms with Crippen LogP contribution in [0.25, 0.3) is 0 Å². The summed E-state index contributed by atoms with van der Waals surface area (Å²) in [5, 5.41) is 10.7. The lowest BCUT2D eigenvalue weighted by atomic mass is 10.1. The van der Waals surface area contributed by atoms with Crippen LogP contribution in [0.1, 0.15) is 30.1 Å². The van der Waals surface area contributed by atoms with Crippen LogP contribution in [0, 0.1) is 0 Å². The molecule has 11 heteroatoms. The second kappa shape index (κ2) is 12.5. The minimum absolute atomic E-state index is 0. The SMILES string of the molecule is Cl.O=C(O)CCC(=O)O[C@@H](COc1ccc(CC2SC(=O)NC2=O)cc1)c1cccc(Cl)c1. The maximum atomic E-state index is 12.1. The molecule has 0 saturated carbocycles. The first-order valence-corrected chi connectivity index (χ1v) is 11.0. The van der Waals surface area contributed by atoms with E-state index in [4.69, 9.17) is 26.2 Å². The monoisotopic (exact) mass is 513 g/mol. The lowest BCUT2D eigenvalue weighted by molar-refractivity contribution is -0.153. The summed E-state index contributed by atoms with van der Waals surface area (Å²) in [7, 11) is 0. The van der Waals surface area contributed by atoms with Gasteiger partial charge in [-0.1, -0.05) is 47.6 Å². The molecule has 1 fully saturated rings. The first-order valence-electron chi connectivity index (χ1n) is 9.70. The van der Waals surface area contributed by atoms with Crippen molar-refractivity contribution in [3.05, 3.63) is 64.7 Å². The van der Waals surface area contributed by atoms with Crippen LogP contribution in [0.4, 0.5) is 4.79 Å². The summed E-state index contributed by atoms with van der Waals surface area (Å²) in [5.74, 6) is -1.52. The van der Waals surface area contributed by atoms with Crippen molar-refractivity contribution in [2.24, 2.45) is 0 Å². The molecule has 33 heavy (non-hydrogen) atoms. The van der Waals surface area contributed by atoms with Crippen molar-refractivity contribution in [3.8, 4) is 5.75 Å². The Labute approximate surface area is 205 Å². The van der Waals surface area contributed by atoms with Crippen molar-refractivity contribution in [3.63, 3.8) is 0 Å². The molecule has 0 bridgehead atoms. The summed E-state index contributed by atoms with van der Waals surface area (Å²) in [6.45, 7) is -0.00607. The minimum Gasteiger partial charge on any atom is -0.489 e. The number of ether oxygens (including phenoxy) is 2. The molecule has 2 aromatic rings. The number of imide groups is 1. The Bertz CT molecular complexity index is 1020. The highest BCUT2D eigenvalue weighted by Gasteiger charge is 2.31. The molecule has 0 aromatic heterocycles. The van der Waals surface area contributed by atoms with Gasteiger partial charge < -0.3 is 14.6 Å². The molecule has 2 aromatic carbocycles. The van der Waals surface area contributed by atoms with Gasteiger partial charge in [0.25, 0.3) is 5.24 Å². The van der Waals surface area contributed by atoms with E-state index in [1.165, 1.54) is 0 Å². The fourth-order valence-electron chi connectivity index (χ4n) is 2.97. The number of halogens is 2. The smallest absolute Gasteiger partial charge is 0.307 e. The third-order valence-electron chi connectivity index (χ3n) is 4.55. The quantitative estimate of drug-likeness (QED) is 0.454. The van der Waals surface area contributed by atoms with Gasteiger partial charge in [0.1, 0.15) is 12.4 Å². The fourth-order valence-corrected chi connectivity index (χ4v) is 4.03. The summed E-state index contributed by atoms with van der Waals surface area (Å²) in [4.78, 5) is 45.7. The van der Waals surface area contributed by atoms with Crippen LogP contribution >= 0.6 is 35.8 Å². The fraction of sp³-hybridized carbons (Fsp3) is 0.273. The van der Waals surface area contributed by atoms with Crippen LogP contribution in [0.5, 0.6) is 5.75 Å². The standard InChI is InChI=1S/C22H20ClNO7S.ClH/c23-15-3-1-2-14(11-15)17(31-20(27)9-8-19(25)26)12-30-16-6-4-13(5-7-16)10-18-21(28)24-22(29)32-18;/h1-7,11,17-18H,8-10,12H2,(H,25,26)(H,24,28,29);1H/t17-,18?;/m0./s1. The molecule has 8 nitrogen and oxygen atoms in total. The van der Waals surface area contributed by atoms with Gasteiger partial charge in [0.2, 0.25) is 5.91 Å². The van der Waals surface area contributed by atoms with E-state index in [0.29, 0.717) is 22.8 Å². The van der Waals surface area contributed by atoms with Crippen molar-refractivity contribution >= 4 is 58.9 Å². The molecule has 2 atom stereocenters. The summed E-state index contributed by atoms with van der Waals surface area (Å²) in [6, 6.07) is 13.8. The molecule has 0 spiro atoms. The highest BCUT2D eigenvalue weighted by molar-refractivity contribution is 8.15. The molecule has 2 amide bonds. The Kier molecular flexibility index (Phi) is 10.0. The van der Waals surface area contributed by atoms with E-state index in [0.717, 1.165) is 17.3 Å². The molecular weight excluding hydrogens is 493 g/mol. The van der Waals surface area contributed by atoms with Gasteiger partial charge in [-0.2, -0.15) is 0 Å². The Morgan fingerprint density at radius 1 is 1.12 bits per heavy atom. The normalized spacial score (nSPS) is 15.8. The van der Waals surface area contributed by atoms with E-state index in [2.05, 4.69) is 5.32 Å². The Morgan fingerprint density at radius 3 is 2.45 bits per heavy atom. The van der Waals surface area contributed by atoms with Gasteiger partial charge in [-0.15, -0.1) is 12.4 Å². The van der Waals surface area contributed by atoms with E-state index < -0.39 is 23.3 Å². The number of carbonyl (C=O) groups excluding carboxylic acids is 3. The number of benzene rings is 2. The van der Waals surface area contributed by atoms with Crippen LogP contribution in [-0.4, -0.2) is 40.0 Å². The zero-order valence-corrected chi connectivity index (χ0v) is 19.6. The van der Waals surface area contributed by atoms with Crippen molar-refractivity contribution < 1.29 is 33.8 Å². The molecule has 3 rings (SSSR count). The number of amides is 2. The summed E-state index contributed by atoms with van der Waals surface area (Å²) in [5.41, 5.74) is 1.48. The maximum absolute atomic E-state index is 12.1. The third kappa shape index (κ3) is 8.27. The first-order chi connectivity index (χ1) is 15.3. The van der Waals surface area contributed by atoms with Crippen LogP contribution < -0.4 is 10.1 Å². The van der Waals surface area contributed by atoms with Crippen LogP contribution in [0.2, 0.25) is 5.02 Å². The minimum atomic E-state index is -1.09. The maximum Gasteiger partial charge on any atom is 0.307 e. The molecule has 176 valence electrons. The summed E-state index contributed by atoms with van der Waals surface area (Å²) >= 11 is 7.01. The number of aliphatic carboxylic acids is 1. The van der Waals surface area contributed by atoms with Gasteiger partial charge in [0.15, 0.2) is 6.10 Å². The van der Waals surface area contributed by atoms with E-state index in [-0.39, 0.29) is 43.0 Å². The van der Waals surface area contributed by atoms with Crippen molar-refractivity contribution in [2.75, 3.05) is 6.61 Å². The number of carboxylic acids is 1. The number of hydrogen-bond acceptors (Lipinski definition) is 7. The van der Waals surface area contributed by atoms with Gasteiger partial charge in [-0.05, 0) is 41.8 Å². The average molecular weight is 514 g/mol. The van der Waals surface area contributed by atoms with Crippen molar-refractivity contribution in [1.29, 1.82) is 0 Å². The zero-order chi connectivity index (χ0) is 23.1. The molecule has 1 heterocycles. The zero-order valence-electron chi connectivity index (χ0n) is 17.2. The van der Waals surface area contributed by atoms with E-state index in [1.807, 2.05) is 0 Å². The number of rotatable bonds is 10. The molecule has 2 N–H and O–H groups in total. The van der Waals surface area contributed by atoms with Crippen LogP contribution in [0.3, 0.4) is 0 Å². The van der Waals surface area contributed by atoms with Crippen molar-refractivity contribution in [2.45, 2.75) is 30.6 Å². The molecule has 1 aliphatic heterocycles. The second-order valence-electron chi connectivity index (χ2n) is 6.97. The highest BCUT2D eigenvalue weighted by atomic mass is 35.5. The molecule has 0 radical (unpaired) electrons. The lowest BCUT2D eigenvalue weighted by Crippen LogP contribution is -2.25. The third-order valence-corrected chi connectivity index (χ3v) is 5.77. The number of esters is 1. The molecule has 1 unspecified atom stereocenters. The predicted octanol–water partition coefficient (Wildman–Crippen LogP) is 4.18. The van der Waals surface area contributed by atoms with Gasteiger partial charge >= 0.3 is 11.9 Å². The number of thioether (sulfide) groups is 1. The Morgan fingerprint density at radius 2 is 1.85 bits per heavy atom. The molecular formula is C22H21Cl2NO7S. The summed E-state index contributed by atoms with van der Waals surface area (Å²) in [6.07, 6.45) is -0.948. The average Bonchev–Trinajstić information content (AvgIpc) is 3.07. The largest absolute Gasteiger partial charge is 0.489 e. The van der Waals surface area contributed by atoms with Gasteiger partial charge in [-0.25, -0.2) is 0 Å². The van der Waals surface area contributed by atoms with E-state index in [9.17, 15) is 19.2 Å². The van der Waals surface area contributed by atoms with Gasteiger partial charge in [-0.3, -0.25) is 24.5 Å². The summed E-state index contributed by atoms with van der Waals surface area (Å²) < 4.78 is 11.2. The topological polar surface area (TPSA) is 119 Å². The molecule has 1 saturated heterocycles. The number of hydrogen-bond donors (Lipinski definition) is 2. The van der Waals surface area contributed by atoms with Crippen LogP contribution in [-0.2, 0) is 25.5 Å². The highest BCUT2D eigenvalue weighted by Crippen LogP contribution is 2.26. The van der Waals surface area contributed by atoms with E-state index >= 15 is 0 Å². The van der Waals surface area contributed by atoms with Crippen LogP contribution in [0.15, 0.2) is 48.5 Å². The predicted molar refractivity (Wildman–Crippen MR) is 125 cm³/mol. The van der Waals surface area contributed by atoms with Crippen molar-refractivity contribution in [1.82, 2.24) is 5.32 Å². The molecule has 0 aliphatic carbocycles. The number of nitrogens with one attached hydrogen (secondary N) is 1. The number of carboxylic acid groups (broad SMARTS) is 1. The second-order valence-corrected chi connectivity index (χ2v) is 8.58. The lowest BCUT2D eigenvalue weighted by Gasteiger charge is -2.19. The van der Waals surface area contributed by atoms with Gasteiger partial charge in [0.05, 0.1) is 18.1 Å². The molecule has 1 aliphatic rings. The Hall–Kier alpha value is -2.75. The number of carbonyl (C=O) groups is 4.